The number of halogens is 1. The number of rotatable bonds is 5. The first-order valence-electron chi connectivity index (χ1n) is 8.70. The fourth-order valence-corrected chi connectivity index (χ4v) is 4.73. The van der Waals surface area contributed by atoms with Gasteiger partial charge < -0.3 is 14.8 Å². The van der Waals surface area contributed by atoms with E-state index in [0.29, 0.717) is 21.3 Å². The van der Waals surface area contributed by atoms with Crippen LogP contribution in [0.4, 0.5) is 5.00 Å². The summed E-state index contributed by atoms with van der Waals surface area (Å²) in [5, 5.41) is 6.62. The molecule has 3 rings (SSSR count). The van der Waals surface area contributed by atoms with Crippen molar-refractivity contribution in [1.29, 1.82) is 0 Å². The average molecular weight is 439 g/mol. The number of thiophene rings is 1. The maximum Gasteiger partial charge on any atom is 0.341 e. The molecule has 148 valence electrons. The lowest BCUT2D eigenvalue weighted by atomic mass is 9.95. The van der Waals surface area contributed by atoms with Gasteiger partial charge in [0.05, 0.1) is 17.7 Å². The minimum Gasteiger partial charge on any atom is -0.482 e. The molecule has 1 amide bonds. The van der Waals surface area contributed by atoms with Crippen molar-refractivity contribution in [3.63, 3.8) is 0 Å². The van der Waals surface area contributed by atoms with Crippen molar-refractivity contribution in [3.05, 3.63) is 45.3 Å². The topological polar surface area (TPSA) is 76.7 Å². The second-order valence-electron chi connectivity index (χ2n) is 6.13. The van der Waals surface area contributed by atoms with E-state index in [4.69, 9.17) is 33.3 Å². The molecule has 9 heteroatoms. The molecule has 6 nitrogen and oxygen atoms in total. The third-order valence-electron chi connectivity index (χ3n) is 4.24. The van der Waals surface area contributed by atoms with Crippen LogP contribution in [0.2, 0.25) is 5.02 Å². The van der Waals surface area contributed by atoms with Crippen LogP contribution in [0, 0.1) is 0 Å². The zero-order valence-electron chi connectivity index (χ0n) is 15.2. The third-order valence-corrected chi connectivity index (χ3v) is 5.96. The van der Waals surface area contributed by atoms with E-state index in [0.717, 1.165) is 36.1 Å². The highest BCUT2D eigenvalue weighted by Crippen LogP contribution is 2.38. The summed E-state index contributed by atoms with van der Waals surface area (Å²) in [5.74, 6) is -0.423. The van der Waals surface area contributed by atoms with Gasteiger partial charge in [0, 0.05) is 4.88 Å². The number of benzene rings is 1. The first-order chi connectivity index (χ1) is 13.5. The minimum absolute atomic E-state index is 0.0940. The fraction of sp³-hybridized carbons (Fsp3) is 0.316. The smallest absolute Gasteiger partial charge is 0.341 e. The van der Waals surface area contributed by atoms with Crippen molar-refractivity contribution in [3.8, 4) is 5.75 Å². The van der Waals surface area contributed by atoms with E-state index in [-0.39, 0.29) is 11.7 Å². The molecule has 0 aliphatic heterocycles. The zero-order valence-corrected chi connectivity index (χ0v) is 17.6. The number of carbonyl (C=O) groups excluding carboxylic acids is 2. The number of aryl methyl sites for hydroxylation is 1. The lowest BCUT2D eigenvalue weighted by Gasteiger charge is -2.12. The molecule has 28 heavy (non-hydrogen) atoms. The molecule has 1 aromatic carbocycles. The summed E-state index contributed by atoms with van der Waals surface area (Å²) in [6.45, 7) is -0.240. The van der Waals surface area contributed by atoms with Gasteiger partial charge in [-0.3, -0.25) is 10.1 Å². The number of hydrogen-bond donors (Lipinski definition) is 2. The summed E-state index contributed by atoms with van der Waals surface area (Å²) < 4.78 is 10.3. The van der Waals surface area contributed by atoms with Gasteiger partial charge in [-0.25, -0.2) is 4.79 Å². The maximum absolute atomic E-state index is 12.2. The lowest BCUT2D eigenvalue weighted by Crippen LogP contribution is -2.37. The van der Waals surface area contributed by atoms with Gasteiger partial charge in [-0.15, -0.1) is 11.3 Å². The Hall–Kier alpha value is -2.16. The lowest BCUT2D eigenvalue weighted by molar-refractivity contribution is -0.121. The van der Waals surface area contributed by atoms with Gasteiger partial charge in [-0.2, -0.15) is 0 Å². The van der Waals surface area contributed by atoms with Crippen LogP contribution in [0.15, 0.2) is 24.3 Å². The molecule has 1 aliphatic carbocycles. The molecular formula is C19H19ClN2O4S2. The molecule has 1 aromatic heterocycles. The molecule has 1 heterocycles. The molecule has 0 radical (unpaired) electrons. The normalized spacial score (nSPS) is 12.6. The summed E-state index contributed by atoms with van der Waals surface area (Å²) in [5.41, 5.74) is 1.52. The predicted molar refractivity (Wildman–Crippen MR) is 114 cm³/mol. The zero-order chi connectivity index (χ0) is 20.1. The molecular weight excluding hydrogens is 420 g/mol. The molecule has 0 unspecified atom stereocenters. The van der Waals surface area contributed by atoms with Gasteiger partial charge in [0.25, 0.3) is 5.91 Å². The van der Waals surface area contributed by atoms with Crippen LogP contribution in [0.25, 0.3) is 0 Å². The number of esters is 1. The van der Waals surface area contributed by atoms with Crippen LogP contribution in [-0.4, -0.2) is 30.7 Å². The molecule has 0 spiro atoms. The van der Waals surface area contributed by atoms with E-state index in [1.807, 2.05) is 0 Å². The van der Waals surface area contributed by atoms with E-state index in [1.54, 1.807) is 24.3 Å². The van der Waals surface area contributed by atoms with Crippen molar-refractivity contribution < 1.29 is 19.1 Å². The van der Waals surface area contributed by atoms with Crippen LogP contribution < -0.4 is 15.4 Å². The van der Waals surface area contributed by atoms with Gasteiger partial charge >= 0.3 is 5.97 Å². The number of thiocarbonyl (C=S) groups is 1. The van der Waals surface area contributed by atoms with Crippen LogP contribution in [0.5, 0.6) is 5.75 Å². The summed E-state index contributed by atoms with van der Waals surface area (Å²) in [7, 11) is 1.35. The Labute approximate surface area is 177 Å². The Kier molecular flexibility index (Phi) is 6.88. The molecule has 1 aliphatic rings. The van der Waals surface area contributed by atoms with E-state index < -0.39 is 11.9 Å². The average Bonchev–Trinajstić information content (AvgIpc) is 3.04. The number of methoxy groups -OCH3 is 1. The van der Waals surface area contributed by atoms with Gasteiger partial charge in [-0.05, 0) is 55.6 Å². The first-order valence-corrected chi connectivity index (χ1v) is 10.3. The maximum atomic E-state index is 12.2. The monoisotopic (exact) mass is 438 g/mol. The highest BCUT2D eigenvalue weighted by molar-refractivity contribution is 7.80. The predicted octanol–water partition coefficient (Wildman–Crippen LogP) is 3.96. The van der Waals surface area contributed by atoms with Crippen LogP contribution in [-0.2, 0) is 22.4 Å². The third kappa shape index (κ3) is 4.81. The molecule has 0 fully saturated rings. The number of fused-ring (bicyclic) bond motifs is 1. The van der Waals surface area contributed by atoms with E-state index >= 15 is 0 Å². The Morgan fingerprint density at radius 2 is 2.00 bits per heavy atom. The number of ether oxygens (including phenoxy) is 2. The Balaban J connectivity index is 1.63. The van der Waals surface area contributed by atoms with Gasteiger partial charge in [0.1, 0.15) is 10.8 Å². The Bertz CT molecular complexity index is 913. The Morgan fingerprint density at radius 3 is 2.75 bits per heavy atom. The van der Waals surface area contributed by atoms with E-state index in [2.05, 4.69) is 10.6 Å². The van der Waals surface area contributed by atoms with Crippen molar-refractivity contribution in [2.45, 2.75) is 25.7 Å². The van der Waals surface area contributed by atoms with Gasteiger partial charge in [0.15, 0.2) is 11.7 Å². The van der Waals surface area contributed by atoms with Crippen LogP contribution in [0.3, 0.4) is 0 Å². The molecule has 0 saturated heterocycles. The van der Waals surface area contributed by atoms with Gasteiger partial charge in [0.2, 0.25) is 0 Å². The number of hydrogen-bond acceptors (Lipinski definition) is 6. The summed E-state index contributed by atoms with van der Waals surface area (Å²) in [6.07, 6.45) is 3.89. The van der Waals surface area contributed by atoms with Crippen molar-refractivity contribution in [2.75, 3.05) is 19.0 Å². The SMILES string of the molecule is COC(=O)c1c(NC(=S)NC(=O)COc2ccccc2Cl)sc2c1CCCC2. The van der Waals surface area contributed by atoms with E-state index in [9.17, 15) is 9.59 Å². The second kappa shape index (κ2) is 9.36. The summed E-state index contributed by atoms with van der Waals surface area (Å²) >= 11 is 12.7. The molecule has 2 aromatic rings. The summed E-state index contributed by atoms with van der Waals surface area (Å²) in [6, 6.07) is 6.88. The number of amides is 1. The van der Waals surface area contributed by atoms with Crippen molar-refractivity contribution in [1.82, 2.24) is 5.32 Å². The number of nitrogens with one attached hydrogen (secondary N) is 2. The highest BCUT2D eigenvalue weighted by Gasteiger charge is 2.26. The number of carbonyl (C=O) groups is 2. The number of para-hydroxylation sites is 1. The second-order valence-corrected chi connectivity index (χ2v) is 8.05. The van der Waals surface area contributed by atoms with Gasteiger partial charge in [-0.1, -0.05) is 23.7 Å². The Morgan fingerprint density at radius 1 is 1.25 bits per heavy atom. The molecule has 0 bridgehead atoms. The van der Waals surface area contributed by atoms with Crippen LogP contribution >= 0.6 is 35.2 Å². The largest absolute Gasteiger partial charge is 0.482 e. The highest BCUT2D eigenvalue weighted by atomic mass is 35.5. The van der Waals surface area contributed by atoms with Crippen LogP contribution in [0.1, 0.15) is 33.6 Å². The van der Waals surface area contributed by atoms with E-state index in [1.165, 1.54) is 18.4 Å². The quantitative estimate of drug-likeness (QED) is 0.543. The standard InChI is InChI=1S/C19H19ClN2O4S2/c1-25-18(24)16-11-6-2-5-9-14(11)28-17(16)22-19(27)21-15(23)10-26-13-8-4-3-7-12(13)20/h3-4,7-8H,2,5-6,9-10H2,1H3,(H2,21,22,23,27). The molecule has 0 atom stereocenters. The summed E-state index contributed by atoms with van der Waals surface area (Å²) in [4.78, 5) is 25.5. The molecule has 2 N–H and O–H groups in total. The number of anilines is 1. The van der Waals surface area contributed by atoms with Crippen molar-refractivity contribution >= 4 is 57.1 Å². The fourth-order valence-electron chi connectivity index (χ4n) is 2.97. The first kappa shape index (κ1) is 20.6. The molecule has 0 saturated carbocycles. The van der Waals surface area contributed by atoms with Crippen molar-refractivity contribution in [2.24, 2.45) is 0 Å². The minimum atomic E-state index is -0.432.